The SMILES string of the molecule is Oc1cccc2c1CCN(Nc1ccncc1)C2. The third kappa shape index (κ3) is 2.15. The molecule has 4 nitrogen and oxygen atoms in total. The zero-order chi connectivity index (χ0) is 12.4. The summed E-state index contributed by atoms with van der Waals surface area (Å²) in [6, 6.07) is 9.60. The van der Waals surface area contributed by atoms with E-state index >= 15 is 0 Å². The van der Waals surface area contributed by atoms with E-state index in [1.165, 1.54) is 5.56 Å². The Kier molecular flexibility index (Phi) is 2.86. The highest BCUT2D eigenvalue weighted by Crippen LogP contribution is 2.26. The molecule has 3 rings (SSSR count). The van der Waals surface area contributed by atoms with Crippen molar-refractivity contribution in [2.45, 2.75) is 13.0 Å². The van der Waals surface area contributed by atoms with E-state index in [9.17, 15) is 5.11 Å². The third-order valence-electron chi connectivity index (χ3n) is 3.21. The van der Waals surface area contributed by atoms with Crippen molar-refractivity contribution in [1.82, 2.24) is 9.99 Å². The van der Waals surface area contributed by atoms with E-state index in [1.54, 1.807) is 18.5 Å². The monoisotopic (exact) mass is 241 g/mol. The van der Waals surface area contributed by atoms with E-state index in [0.29, 0.717) is 5.75 Å². The quantitative estimate of drug-likeness (QED) is 0.846. The molecule has 0 aliphatic carbocycles. The number of anilines is 1. The van der Waals surface area contributed by atoms with Crippen LogP contribution >= 0.6 is 0 Å². The molecule has 0 atom stereocenters. The van der Waals surface area contributed by atoms with Crippen molar-refractivity contribution in [3.8, 4) is 5.75 Å². The second-order valence-electron chi connectivity index (χ2n) is 4.43. The first kappa shape index (κ1) is 11.0. The van der Waals surface area contributed by atoms with Crippen LogP contribution in [0.4, 0.5) is 5.69 Å². The van der Waals surface area contributed by atoms with Crippen LogP contribution in [0.2, 0.25) is 0 Å². The standard InChI is InChI=1S/C14H15N3O/c18-14-3-1-2-11-10-17(9-6-13(11)14)16-12-4-7-15-8-5-12/h1-5,7-8,18H,6,9-10H2,(H,15,16). The number of fused-ring (bicyclic) bond motifs is 1. The van der Waals surface area contributed by atoms with E-state index in [4.69, 9.17) is 0 Å². The number of aromatic hydroxyl groups is 1. The fourth-order valence-corrected chi connectivity index (χ4v) is 2.29. The summed E-state index contributed by atoms with van der Waals surface area (Å²) < 4.78 is 0. The summed E-state index contributed by atoms with van der Waals surface area (Å²) in [5.74, 6) is 0.413. The maximum atomic E-state index is 9.79. The Bertz CT molecular complexity index is 542. The van der Waals surface area contributed by atoms with Gasteiger partial charge in [-0.15, -0.1) is 0 Å². The molecule has 0 bridgehead atoms. The largest absolute Gasteiger partial charge is 0.508 e. The molecular weight excluding hydrogens is 226 g/mol. The summed E-state index contributed by atoms with van der Waals surface area (Å²) in [4.78, 5) is 3.99. The molecule has 1 aromatic heterocycles. The van der Waals surface area contributed by atoms with Gasteiger partial charge in [0.2, 0.25) is 0 Å². The van der Waals surface area contributed by atoms with Gasteiger partial charge >= 0.3 is 0 Å². The third-order valence-corrected chi connectivity index (χ3v) is 3.21. The van der Waals surface area contributed by atoms with Gasteiger partial charge in [-0.1, -0.05) is 12.1 Å². The van der Waals surface area contributed by atoms with Crippen molar-refractivity contribution >= 4 is 5.69 Å². The van der Waals surface area contributed by atoms with Gasteiger partial charge < -0.3 is 10.5 Å². The number of nitrogens with one attached hydrogen (secondary N) is 1. The number of benzene rings is 1. The summed E-state index contributed by atoms with van der Waals surface area (Å²) in [5, 5.41) is 11.9. The van der Waals surface area contributed by atoms with Crippen molar-refractivity contribution in [2.24, 2.45) is 0 Å². The van der Waals surface area contributed by atoms with Crippen LogP contribution in [-0.2, 0) is 13.0 Å². The van der Waals surface area contributed by atoms with Gasteiger partial charge in [0.15, 0.2) is 0 Å². The van der Waals surface area contributed by atoms with Crippen LogP contribution in [0.3, 0.4) is 0 Å². The van der Waals surface area contributed by atoms with Crippen LogP contribution in [0.1, 0.15) is 11.1 Å². The van der Waals surface area contributed by atoms with Crippen LogP contribution in [0.15, 0.2) is 42.7 Å². The van der Waals surface area contributed by atoms with E-state index in [2.05, 4.69) is 21.5 Å². The first-order valence-corrected chi connectivity index (χ1v) is 6.04. The Labute approximate surface area is 106 Å². The lowest BCUT2D eigenvalue weighted by Crippen LogP contribution is -2.35. The predicted molar refractivity (Wildman–Crippen MR) is 70.1 cm³/mol. The van der Waals surface area contributed by atoms with Gasteiger partial charge in [0, 0.05) is 25.5 Å². The molecule has 1 aromatic carbocycles. The second kappa shape index (κ2) is 4.66. The van der Waals surface area contributed by atoms with E-state index < -0.39 is 0 Å². The molecule has 0 saturated heterocycles. The smallest absolute Gasteiger partial charge is 0.119 e. The van der Waals surface area contributed by atoms with Crippen molar-refractivity contribution in [3.63, 3.8) is 0 Å². The fraction of sp³-hybridized carbons (Fsp3) is 0.214. The Morgan fingerprint density at radius 2 is 2.00 bits per heavy atom. The van der Waals surface area contributed by atoms with Crippen LogP contribution in [0.5, 0.6) is 5.75 Å². The number of hydrogen-bond donors (Lipinski definition) is 2. The molecule has 0 unspecified atom stereocenters. The molecule has 1 aliphatic rings. The van der Waals surface area contributed by atoms with Gasteiger partial charge in [-0.2, -0.15) is 0 Å². The van der Waals surface area contributed by atoms with E-state index in [0.717, 1.165) is 30.8 Å². The summed E-state index contributed by atoms with van der Waals surface area (Å²) in [5.41, 5.74) is 6.65. The number of phenols is 1. The molecule has 0 radical (unpaired) electrons. The van der Waals surface area contributed by atoms with E-state index in [1.807, 2.05) is 18.2 Å². The first-order valence-electron chi connectivity index (χ1n) is 6.04. The van der Waals surface area contributed by atoms with Crippen molar-refractivity contribution in [3.05, 3.63) is 53.9 Å². The van der Waals surface area contributed by atoms with Crippen LogP contribution in [0.25, 0.3) is 0 Å². The highest BCUT2D eigenvalue weighted by Gasteiger charge is 2.18. The van der Waals surface area contributed by atoms with Gasteiger partial charge in [0.1, 0.15) is 5.75 Å². The minimum atomic E-state index is 0.413. The Balaban J connectivity index is 1.76. The lowest BCUT2D eigenvalue weighted by atomic mass is 10.00. The van der Waals surface area contributed by atoms with Crippen molar-refractivity contribution in [1.29, 1.82) is 0 Å². The zero-order valence-corrected chi connectivity index (χ0v) is 10.0. The Morgan fingerprint density at radius 1 is 1.17 bits per heavy atom. The fourth-order valence-electron chi connectivity index (χ4n) is 2.29. The van der Waals surface area contributed by atoms with Crippen molar-refractivity contribution < 1.29 is 5.11 Å². The first-order chi connectivity index (χ1) is 8.83. The Hall–Kier alpha value is -2.07. The van der Waals surface area contributed by atoms with Gasteiger partial charge in [0.25, 0.3) is 0 Å². The lowest BCUT2D eigenvalue weighted by molar-refractivity contribution is 0.303. The molecule has 92 valence electrons. The molecule has 0 saturated carbocycles. The summed E-state index contributed by atoms with van der Waals surface area (Å²) in [6.45, 7) is 1.68. The average Bonchev–Trinajstić information content (AvgIpc) is 2.40. The zero-order valence-electron chi connectivity index (χ0n) is 10.0. The molecule has 4 heteroatoms. The van der Waals surface area contributed by atoms with E-state index in [-0.39, 0.29) is 0 Å². The van der Waals surface area contributed by atoms with Gasteiger partial charge in [-0.05, 0) is 35.7 Å². The maximum Gasteiger partial charge on any atom is 0.119 e. The molecule has 2 heterocycles. The normalized spacial score (nSPS) is 15.1. The minimum Gasteiger partial charge on any atom is -0.508 e. The average molecular weight is 241 g/mol. The number of nitrogens with zero attached hydrogens (tertiary/aromatic N) is 2. The molecule has 0 amide bonds. The topological polar surface area (TPSA) is 48.4 Å². The number of hydrogen-bond acceptors (Lipinski definition) is 4. The molecule has 2 aromatic rings. The number of phenolic OH excluding ortho intramolecular Hbond substituents is 1. The number of rotatable bonds is 2. The molecule has 2 N–H and O–H groups in total. The van der Waals surface area contributed by atoms with Gasteiger partial charge in [-0.25, -0.2) is 5.01 Å². The molecule has 1 aliphatic heterocycles. The van der Waals surface area contributed by atoms with Crippen LogP contribution in [0, 0.1) is 0 Å². The highest BCUT2D eigenvalue weighted by atomic mass is 16.3. The second-order valence-corrected chi connectivity index (χ2v) is 4.43. The molecule has 0 fully saturated rings. The number of aromatic nitrogens is 1. The summed E-state index contributed by atoms with van der Waals surface area (Å²) in [7, 11) is 0. The maximum absolute atomic E-state index is 9.79. The van der Waals surface area contributed by atoms with Crippen LogP contribution in [-0.4, -0.2) is 21.6 Å². The van der Waals surface area contributed by atoms with Crippen LogP contribution < -0.4 is 5.43 Å². The van der Waals surface area contributed by atoms with Crippen molar-refractivity contribution in [2.75, 3.05) is 12.0 Å². The minimum absolute atomic E-state index is 0.413. The highest BCUT2D eigenvalue weighted by molar-refractivity contribution is 5.43. The summed E-state index contributed by atoms with van der Waals surface area (Å²) >= 11 is 0. The number of pyridine rings is 1. The lowest BCUT2D eigenvalue weighted by Gasteiger charge is -2.30. The molecule has 18 heavy (non-hydrogen) atoms. The molecular formula is C14H15N3O. The molecule has 0 spiro atoms. The Morgan fingerprint density at radius 3 is 2.83 bits per heavy atom. The van der Waals surface area contributed by atoms with Gasteiger partial charge in [0.05, 0.1) is 5.69 Å². The predicted octanol–water partition coefficient (Wildman–Crippen LogP) is 2.17. The van der Waals surface area contributed by atoms with Gasteiger partial charge in [-0.3, -0.25) is 4.98 Å². The summed E-state index contributed by atoms with van der Waals surface area (Å²) in [6.07, 6.45) is 4.40. The number of hydrazine groups is 1.